The first-order valence-corrected chi connectivity index (χ1v) is 30.4. The van der Waals surface area contributed by atoms with Crippen LogP contribution in [0.3, 0.4) is 0 Å². The largest absolute Gasteiger partial charge is 0.494 e. The number of aryl methyl sites for hydroxylation is 7. The molecular weight excluding hydrogens is 983 g/mol. The second-order valence-electron chi connectivity index (χ2n) is 23.1. The first kappa shape index (κ1) is 57.9. The number of hydrogen-bond donors (Lipinski definition) is 3. The van der Waals surface area contributed by atoms with Crippen LogP contribution >= 0.6 is 0 Å². The number of H-pyrrole nitrogens is 2. The van der Waals surface area contributed by atoms with Gasteiger partial charge in [0, 0.05) is 83.3 Å². The van der Waals surface area contributed by atoms with Gasteiger partial charge in [0.2, 0.25) is 0 Å². The molecule has 2 aliphatic rings. The highest BCUT2D eigenvalue weighted by Gasteiger charge is 2.34. The molecule has 0 amide bonds. The summed E-state index contributed by atoms with van der Waals surface area (Å²) in [6, 6.07) is 22.6. The maximum absolute atomic E-state index is 6.30. The summed E-state index contributed by atoms with van der Waals surface area (Å²) in [6.07, 6.45) is 20.2. The second kappa shape index (κ2) is 25.4. The van der Waals surface area contributed by atoms with Crippen LogP contribution in [0.15, 0.2) is 97.8 Å². The summed E-state index contributed by atoms with van der Waals surface area (Å²) in [5.41, 5.74) is 24.7. The Morgan fingerprint density at radius 1 is 0.487 bits per heavy atom. The Labute approximate surface area is 478 Å². The molecule has 420 valence electrons. The lowest BCUT2D eigenvalue weighted by Crippen LogP contribution is -2.49. The zero-order valence-electron chi connectivity index (χ0n) is 51.1. The number of aromatic nitrogens is 7. The molecule has 1 aromatic carbocycles. The first-order chi connectivity index (χ1) is 38.7. The monoisotopic (exact) mass is 1080 g/mol. The van der Waals surface area contributed by atoms with E-state index in [1.807, 2.05) is 7.05 Å². The molecule has 7 aromatic rings. The van der Waals surface area contributed by atoms with Crippen LogP contribution in [0.25, 0.3) is 77.7 Å². The Morgan fingerprint density at radius 3 is 1.25 bits per heavy atom. The highest BCUT2D eigenvalue weighted by atomic mass is 16.5. The molecule has 6 aromatic heterocycles. The van der Waals surface area contributed by atoms with Gasteiger partial charge in [0.25, 0.3) is 0 Å². The van der Waals surface area contributed by atoms with E-state index in [0.717, 1.165) is 164 Å². The SMILES string of the molecule is CCCC[n+]1ccc(-c2c3nc(c(-c4cc[n+](CCC[N+](CC)(CC)CC)cc4)c4[nH]c(c(C)c4C)c(-c4cc[n+](CCCC)cc4)c4nc(c(-c5ccc(OCCCNC)cc5)c5[nH]c2c(C)c5C)C(C)C4C)C(C)=C3C)cc1. The summed E-state index contributed by atoms with van der Waals surface area (Å²) in [5.74, 6) is 1.05. The first-order valence-electron chi connectivity index (χ1n) is 30.4. The fraction of sp³-hybridized carbons (Fsp3) is 0.443. The lowest BCUT2D eigenvalue weighted by Gasteiger charge is -2.35. The number of unbranched alkanes of at least 4 members (excludes halogenated alkanes) is 2. The molecule has 0 fully saturated rings. The van der Waals surface area contributed by atoms with Crippen molar-refractivity contribution in [1.29, 1.82) is 0 Å². The van der Waals surface area contributed by atoms with Gasteiger partial charge < -0.3 is 24.5 Å². The van der Waals surface area contributed by atoms with Gasteiger partial charge in [-0.25, -0.2) is 18.7 Å². The molecule has 0 radical (unpaired) electrons. The molecule has 0 saturated heterocycles. The molecule has 10 heteroatoms. The van der Waals surface area contributed by atoms with Crippen LogP contribution in [0.4, 0.5) is 0 Å². The molecular formula is C70H93N9O+4. The number of fused-ring (bicyclic) bond motifs is 8. The van der Waals surface area contributed by atoms with E-state index in [-0.39, 0.29) is 11.8 Å². The number of nitrogens with zero attached hydrogens (tertiary/aromatic N) is 6. The van der Waals surface area contributed by atoms with Crippen LogP contribution in [0, 0.1) is 27.7 Å². The zero-order valence-corrected chi connectivity index (χ0v) is 51.1. The zero-order chi connectivity index (χ0) is 56.8. The van der Waals surface area contributed by atoms with Crippen LogP contribution in [-0.4, -0.2) is 70.8 Å². The van der Waals surface area contributed by atoms with Crippen LogP contribution in [0.1, 0.15) is 158 Å². The molecule has 0 aliphatic carbocycles. The third-order valence-electron chi connectivity index (χ3n) is 18.6. The number of ether oxygens (including phenoxy) is 1. The van der Waals surface area contributed by atoms with E-state index in [1.54, 1.807) is 0 Å². The van der Waals surface area contributed by atoms with Crippen molar-refractivity contribution in [3.8, 4) is 50.3 Å². The predicted octanol–water partition coefficient (Wildman–Crippen LogP) is 14.8. The van der Waals surface area contributed by atoms with Gasteiger partial charge in [0.1, 0.15) is 18.8 Å². The van der Waals surface area contributed by atoms with Crippen molar-refractivity contribution in [1.82, 2.24) is 25.3 Å². The lowest BCUT2D eigenvalue weighted by atomic mass is 9.86. The number of allylic oxidation sites excluding steroid dienone is 2. The molecule has 2 atom stereocenters. The van der Waals surface area contributed by atoms with E-state index < -0.39 is 0 Å². The molecule has 80 heavy (non-hydrogen) atoms. The lowest BCUT2D eigenvalue weighted by molar-refractivity contribution is -0.925. The summed E-state index contributed by atoms with van der Waals surface area (Å²) < 4.78 is 14.5. The summed E-state index contributed by atoms with van der Waals surface area (Å²) in [7, 11) is 1.99. The normalized spacial score (nSPS) is 14.6. The van der Waals surface area contributed by atoms with Crippen molar-refractivity contribution < 1.29 is 22.9 Å². The molecule has 3 N–H and O–H groups in total. The van der Waals surface area contributed by atoms with Gasteiger partial charge in [-0.2, -0.15) is 0 Å². The number of benzene rings is 1. The predicted molar refractivity (Wildman–Crippen MR) is 332 cm³/mol. The van der Waals surface area contributed by atoms with Gasteiger partial charge in [0.05, 0.1) is 84.0 Å². The Balaban J connectivity index is 1.42. The Bertz CT molecular complexity index is 3500. The van der Waals surface area contributed by atoms with Crippen molar-refractivity contribution >= 4 is 33.2 Å². The fourth-order valence-electron chi connectivity index (χ4n) is 12.4. The standard InChI is InChI=1S/C70H92N9O/c1-15-20-35-76-38-28-55(29-39-76)60-65-48(8)46(6)63(72-65)59(54-24-26-58(27-25-54)80-45-22-34-71-14)64-47(7)49(9)66(73-64)61(56-30-40-77(41-31-56)36-21-16-2)68-51(11)53(13)70(75-68)62(69-52(12)50(10)67(60)74-69)57-32-42-78(43-33-57)37-23-44-79(17-3,18-4)19-5/h24-33,38-43,46,48,71H,15-23,34-37,44-45H2,1-14H3,(H,73,74,75)/q+3/p+1. The van der Waals surface area contributed by atoms with E-state index >= 15 is 0 Å². The maximum atomic E-state index is 6.30. The summed E-state index contributed by atoms with van der Waals surface area (Å²) in [5, 5.41) is 3.25. The number of nitrogens with one attached hydrogen (secondary N) is 3. The minimum Gasteiger partial charge on any atom is -0.494 e. The average molecular weight is 1080 g/mol. The Hall–Kier alpha value is -6.75. The maximum Gasteiger partial charge on any atom is 0.169 e. The average Bonchev–Trinajstić information content (AvgIpc) is 4.15. The molecule has 0 spiro atoms. The van der Waals surface area contributed by atoms with Crippen molar-refractivity contribution in [3.05, 3.63) is 143 Å². The van der Waals surface area contributed by atoms with E-state index in [1.165, 1.54) is 59.6 Å². The topological polar surface area (TPSA) is 90.3 Å². The fourth-order valence-corrected chi connectivity index (χ4v) is 12.4. The molecule has 9 rings (SSSR count). The van der Waals surface area contributed by atoms with E-state index in [4.69, 9.17) is 14.7 Å². The number of quaternary nitrogens is 1. The van der Waals surface area contributed by atoms with Gasteiger partial charge in [0.15, 0.2) is 43.7 Å². The van der Waals surface area contributed by atoms with Gasteiger partial charge in [-0.1, -0.05) is 52.7 Å². The van der Waals surface area contributed by atoms with Crippen molar-refractivity contribution in [2.24, 2.45) is 0 Å². The molecule has 2 unspecified atom stereocenters. The minimum absolute atomic E-state index is 0.0861. The Morgan fingerprint density at radius 2 is 0.863 bits per heavy atom. The van der Waals surface area contributed by atoms with Crippen LogP contribution < -0.4 is 23.8 Å². The minimum atomic E-state index is 0.0861. The molecule has 2 aliphatic heterocycles. The highest BCUT2D eigenvalue weighted by molar-refractivity contribution is 6.05. The van der Waals surface area contributed by atoms with E-state index in [9.17, 15) is 0 Å². The van der Waals surface area contributed by atoms with Gasteiger partial charge in [-0.15, -0.1) is 0 Å². The third kappa shape index (κ3) is 11.4. The van der Waals surface area contributed by atoms with Crippen LogP contribution in [0.2, 0.25) is 0 Å². The van der Waals surface area contributed by atoms with Gasteiger partial charge in [-0.3, -0.25) is 4.98 Å². The van der Waals surface area contributed by atoms with Crippen LogP contribution in [0.5, 0.6) is 5.75 Å². The second-order valence-corrected chi connectivity index (χ2v) is 23.1. The summed E-state index contributed by atoms with van der Waals surface area (Å²) in [4.78, 5) is 20.4. The van der Waals surface area contributed by atoms with E-state index in [0.29, 0.717) is 6.61 Å². The van der Waals surface area contributed by atoms with Crippen molar-refractivity contribution in [2.75, 3.05) is 46.4 Å². The Kier molecular flexibility index (Phi) is 18.4. The van der Waals surface area contributed by atoms with Gasteiger partial charge in [-0.05, 0) is 150 Å². The molecule has 8 bridgehead atoms. The number of aromatic amines is 2. The molecule has 10 nitrogen and oxygen atoms in total. The third-order valence-corrected chi connectivity index (χ3v) is 18.6. The van der Waals surface area contributed by atoms with Crippen molar-refractivity contribution in [2.45, 2.75) is 160 Å². The van der Waals surface area contributed by atoms with Gasteiger partial charge >= 0.3 is 0 Å². The molecule has 0 saturated carbocycles. The highest BCUT2D eigenvalue weighted by Crippen LogP contribution is 2.49. The summed E-state index contributed by atoms with van der Waals surface area (Å²) in [6.45, 7) is 39.2. The molecule has 8 heterocycles. The smallest absolute Gasteiger partial charge is 0.169 e. The number of rotatable bonds is 22. The quantitative estimate of drug-likeness (QED) is 0.0358. The van der Waals surface area contributed by atoms with E-state index in [2.05, 4.69) is 217 Å². The number of pyridine rings is 3. The van der Waals surface area contributed by atoms with Crippen LogP contribution in [-0.2, 0) is 19.6 Å². The van der Waals surface area contributed by atoms with Crippen molar-refractivity contribution in [3.63, 3.8) is 0 Å². The summed E-state index contributed by atoms with van der Waals surface area (Å²) >= 11 is 0. The number of hydrogen-bond acceptors (Lipinski definition) is 4.